The fraction of sp³-hybridized carbons (Fsp3) is 0.174. The highest BCUT2D eigenvalue weighted by Crippen LogP contribution is 2.19. The van der Waals surface area contributed by atoms with Gasteiger partial charge in [0.2, 0.25) is 0 Å². The van der Waals surface area contributed by atoms with Crippen LogP contribution in [0.25, 0.3) is 0 Å². The Morgan fingerprint density at radius 2 is 1.83 bits per heavy atom. The molecule has 148 valence electrons. The highest BCUT2D eigenvalue weighted by molar-refractivity contribution is 5.89. The van der Waals surface area contributed by atoms with Gasteiger partial charge in [0.25, 0.3) is 0 Å². The summed E-state index contributed by atoms with van der Waals surface area (Å²) in [5.74, 6) is 0.679. The summed E-state index contributed by atoms with van der Waals surface area (Å²) in [4.78, 5) is 22.9. The Bertz CT molecular complexity index is 904. The molecule has 3 aromatic rings. The number of hydrogen-bond acceptors (Lipinski definition) is 4. The molecule has 0 aliphatic carbocycles. The zero-order chi connectivity index (χ0) is 20.5. The van der Waals surface area contributed by atoms with Crippen LogP contribution in [0.4, 0.5) is 10.5 Å². The third kappa shape index (κ3) is 6.46. The molecule has 2 amide bonds. The molecule has 0 unspecified atom stereocenters. The zero-order valence-corrected chi connectivity index (χ0v) is 16.4. The minimum atomic E-state index is -0.206. The Labute approximate surface area is 170 Å². The Hall–Kier alpha value is -3.67. The van der Waals surface area contributed by atoms with Gasteiger partial charge in [-0.25, -0.2) is 4.79 Å². The smallest absolute Gasteiger partial charge is 0.322 e. The number of carbonyl (C=O) groups excluding carboxylic acids is 1. The lowest BCUT2D eigenvalue weighted by atomic mass is 10.2. The van der Waals surface area contributed by atoms with Gasteiger partial charge in [0.15, 0.2) is 0 Å². The van der Waals surface area contributed by atoms with Crippen LogP contribution in [-0.2, 0) is 13.1 Å². The number of rotatable bonds is 8. The van der Waals surface area contributed by atoms with Crippen molar-refractivity contribution in [2.75, 3.05) is 11.9 Å². The van der Waals surface area contributed by atoms with E-state index in [1.165, 1.54) is 0 Å². The molecule has 0 saturated carbocycles. The van der Waals surface area contributed by atoms with Crippen molar-refractivity contribution < 1.29 is 9.53 Å². The summed E-state index contributed by atoms with van der Waals surface area (Å²) in [5, 5.41) is 2.96. The van der Waals surface area contributed by atoms with Crippen LogP contribution in [0.5, 0.6) is 5.75 Å². The number of aromatic nitrogens is 2. The number of amides is 2. The molecule has 0 fully saturated rings. The second kappa shape index (κ2) is 10.0. The maximum Gasteiger partial charge on any atom is 0.322 e. The number of anilines is 1. The van der Waals surface area contributed by atoms with Crippen LogP contribution in [0.15, 0.2) is 85.5 Å². The molecule has 1 N–H and O–H groups in total. The van der Waals surface area contributed by atoms with E-state index >= 15 is 0 Å². The second-order valence-electron chi connectivity index (χ2n) is 6.78. The van der Waals surface area contributed by atoms with E-state index in [-0.39, 0.29) is 6.03 Å². The summed E-state index contributed by atoms with van der Waals surface area (Å²) in [6.07, 6.45) is 6.92. The van der Waals surface area contributed by atoms with Crippen molar-refractivity contribution in [2.45, 2.75) is 20.0 Å². The fourth-order valence-corrected chi connectivity index (χ4v) is 2.69. The number of pyridine rings is 2. The van der Waals surface area contributed by atoms with E-state index in [0.717, 1.165) is 16.7 Å². The Morgan fingerprint density at radius 3 is 2.55 bits per heavy atom. The molecular formula is C23H24N4O2. The number of carbonyl (C=O) groups is 1. The lowest BCUT2D eigenvalue weighted by molar-refractivity contribution is 0.206. The van der Waals surface area contributed by atoms with E-state index in [0.29, 0.717) is 31.1 Å². The van der Waals surface area contributed by atoms with Crippen LogP contribution in [0.2, 0.25) is 0 Å². The average molecular weight is 388 g/mol. The van der Waals surface area contributed by atoms with E-state index in [9.17, 15) is 4.79 Å². The molecule has 3 rings (SSSR count). The van der Waals surface area contributed by atoms with Crippen molar-refractivity contribution in [3.05, 3.63) is 96.6 Å². The highest BCUT2D eigenvalue weighted by Gasteiger charge is 2.15. The predicted molar refractivity (Wildman–Crippen MR) is 113 cm³/mol. The Morgan fingerprint density at radius 1 is 1.03 bits per heavy atom. The molecule has 0 radical (unpaired) electrons. The third-order valence-corrected chi connectivity index (χ3v) is 4.08. The second-order valence-corrected chi connectivity index (χ2v) is 6.78. The van der Waals surface area contributed by atoms with Gasteiger partial charge in [-0.1, -0.05) is 18.7 Å². The molecular weight excluding hydrogens is 364 g/mol. The molecule has 0 aliphatic rings. The summed E-state index contributed by atoms with van der Waals surface area (Å²) in [7, 11) is 0. The quantitative estimate of drug-likeness (QED) is 0.570. The first-order valence-electron chi connectivity index (χ1n) is 9.31. The topological polar surface area (TPSA) is 67.3 Å². The number of ether oxygens (including phenoxy) is 1. The van der Waals surface area contributed by atoms with Crippen LogP contribution in [-0.4, -0.2) is 27.5 Å². The molecule has 1 aromatic carbocycles. The molecule has 0 spiro atoms. The first-order chi connectivity index (χ1) is 14.1. The molecule has 6 heteroatoms. The fourth-order valence-electron chi connectivity index (χ4n) is 2.69. The van der Waals surface area contributed by atoms with Crippen molar-refractivity contribution >= 4 is 11.7 Å². The first kappa shape index (κ1) is 20.1. The molecule has 6 nitrogen and oxygen atoms in total. The van der Waals surface area contributed by atoms with E-state index in [1.807, 2.05) is 49.4 Å². The van der Waals surface area contributed by atoms with E-state index in [1.54, 1.807) is 35.8 Å². The SMILES string of the molecule is C=C(C)COc1cccc(NC(=O)N(Cc2ccncc2)Cc2cccnc2)c1. The van der Waals surface area contributed by atoms with Gasteiger partial charge in [-0.2, -0.15) is 0 Å². The molecule has 2 aromatic heterocycles. The average Bonchev–Trinajstić information content (AvgIpc) is 2.73. The lowest BCUT2D eigenvalue weighted by Gasteiger charge is -2.23. The third-order valence-electron chi connectivity index (χ3n) is 4.08. The molecule has 0 bridgehead atoms. The van der Waals surface area contributed by atoms with Gasteiger partial charge >= 0.3 is 6.03 Å². The van der Waals surface area contributed by atoms with E-state index < -0.39 is 0 Å². The van der Waals surface area contributed by atoms with Gasteiger partial charge in [-0.3, -0.25) is 9.97 Å². The van der Waals surface area contributed by atoms with E-state index in [2.05, 4.69) is 21.9 Å². The predicted octanol–water partition coefficient (Wildman–Crippen LogP) is 4.67. The van der Waals surface area contributed by atoms with Crippen LogP contribution >= 0.6 is 0 Å². The summed E-state index contributed by atoms with van der Waals surface area (Å²) >= 11 is 0. The number of hydrogen-bond donors (Lipinski definition) is 1. The van der Waals surface area contributed by atoms with Gasteiger partial charge in [0.05, 0.1) is 0 Å². The van der Waals surface area contributed by atoms with Crippen molar-refractivity contribution in [3.63, 3.8) is 0 Å². The molecule has 2 heterocycles. The Kier molecular flexibility index (Phi) is 6.95. The van der Waals surface area contributed by atoms with Crippen LogP contribution in [0.3, 0.4) is 0 Å². The van der Waals surface area contributed by atoms with Crippen molar-refractivity contribution in [1.82, 2.24) is 14.9 Å². The minimum Gasteiger partial charge on any atom is -0.489 e. The standard InChI is InChI=1S/C23H24N4O2/c1-18(2)17-29-22-7-3-6-21(13-22)26-23(28)27(15-19-8-11-24-12-9-19)16-20-5-4-10-25-14-20/h3-14H,1,15-17H2,2H3,(H,26,28). The number of nitrogens with zero attached hydrogens (tertiary/aromatic N) is 3. The summed E-state index contributed by atoms with van der Waals surface area (Å²) in [6, 6.07) is 14.7. The van der Waals surface area contributed by atoms with Gasteiger partial charge in [-0.15, -0.1) is 0 Å². The summed E-state index contributed by atoms with van der Waals surface area (Å²) in [6.45, 7) is 7.07. The highest BCUT2D eigenvalue weighted by atomic mass is 16.5. The van der Waals surface area contributed by atoms with Crippen LogP contribution < -0.4 is 10.1 Å². The summed E-state index contributed by atoms with van der Waals surface area (Å²) in [5.41, 5.74) is 3.55. The van der Waals surface area contributed by atoms with E-state index in [4.69, 9.17) is 4.74 Å². The maximum atomic E-state index is 13.0. The molecule has 29 heavy (non-hydrogen) atoms. The van der Waals surface area contributed by atoms with Gasteiger partial charge in [0, 0.05) is 49.6 Å². The van der Waals surface area contributed by atoms with Crippen molar-refractivity contribution in [1.29, 1.82) is 0 Å². The zero-order valence-electron chi connectivity index (χ0n) is 16.4. The maximum absolute atomic E-state index is 13.0. The van der Waals surface area contributed by atoms with Gasteiger partial charge < -0.3 is 15.0 Å². The van der Waals surface area contributed by atoms with Crippen molar-refractivity contribution in [3.8, 4) is 5.75 Å². The first-order valence-corrected chi connectivity index (χ1v) is 9.31. The number of urea groups is 1. The van der Waals surface area contributed by atoms with Gasteiger partial charge in [0.1, 0.15) is 12.4 Å². The largest absolute Gasteiger partial charge is 0.489 e. The Balaban J connectivity index is 1.73. The van der Waals surface area contributed by atoms with Crippen LogP contribution in [0, 0.1) is 0 Å². The lowest BCUT2D eigenvalue weighted by Crippen LogP contribution is -2.34. The minimum absolute atomic E-state index is 0.206. The monoisotopic (exact) mass is 388 g/mol. The normalized spacial score (nSPS) is 10.2. The molecule has 0 aliphatic heterocycles. The number of nitrogens with one attached hydrogen (secondary N) is 1. The van der Waals surface area contributed by atoms with Crippen LogP contribution in [0.1, 0.15) is 18.1 Å². The van der Waals surface area contributed by atoms with Crippen molar-refractivity contribution in [2.24, 2.45) is 0 Å². The number of benzene rings is 1. The molecule has 0 atom stereocenters. The molecule has 0 saturated heterocycles. The van der Waals surface area contributed by atoms with Gasteiger partial charge in [-0.05, 0) is 54.0 Å². The summed E-state index contributed by atoms with van der Waals surface area (Å²) < 4.78 is 5.66.